The van der Waals surface area contributed by atoms with Crippen LogP contribution in [0.3, 0.4) is 0 Å². The molecule has 2 aliphatic rings. The van der Waals surface area contributed by atoms with Gasteiger partial charge in [0.05, 0.1) is 11.4 Å². The summed E-state index contributed by atoms with van der Waals surface area (Å²) in [6, 6.07) is 25.7. The van der Waals surface area contributed by atoms with Crippen LogP contribution in [0.25, 0.3) is 11.0 Å². The average molecular weight is 435 g/mol. The number of amides is 2. The Kier molecular flexibility index (Phi) is 4.23. The summed E-state index contributed by atoms with van der Waals surface area (Å²) in [6.45, 7) is 0. The molecule has 0 bridgehead atoms. The molecule has 2 aliphatic heterocycles. The minimum absolute atomic E-state index is 0.000287. The van der Waals surface area contributed by atoms with Crippen molar-refractivity contribution < 1.29 is 18.8 Å². The SMILES string of the molecule is O=C(C1=NN(c2ccccc2)C2C(=O)N(c3ccccc3)C(=O)C12)c1cc2ccccc2o1. The second kappa shape index (κ2) is 7.27. The van der Waals surface area contributed by atoms with E-state index in [0.717, 1.165) is 10.3 Å². The number of rotatable bonds is 4. The maximum Gasteiger partial charge on any atom is 0.259 e. The number of benzene rings is 3. The molecule has 3 aromatic carbocycles. The zero-order valence-electron chi connectivity index (χ0n) is 17.3. The number of hydrazone groups is 1. The highest BCUT2D eigenvalue weighted by atomic mass is 16.3. The standard InChI is InChI=1S/C26H17N3O4/c30-24(20-15-16-9-7-8-14-19(16)33-20)22-21-23(29(27-22)18-12-5-2-6-13-18)26(32)28(25(21)31)17-10-3-1-4-11-17/h1-15,21,23H. The Morgan fingerprint density at radius 3 is 2.12 bits per heavy atom. The Morgan fingerprint density at radius 1 is 0.788 bits per heavy atom. The van der Waals surface area contributed by atoms with Crippen LogP contribution in [0.1, 0.15) is 10.6 Å². The summed E-state index contributed by atoms with van der Waals surface area (Å²) < 4.78 is 5.75. The van der Waals surface area contributed by atoms with E-state index in [0.29, 0.717) is 17.0 Å². The first kappa shape index (κ1) is 19.2. The summed E-state index contributed by atoms with van der Waals surface area (Å²) in [7, 11) is 0. The predicted molar refractivity (Wildman–Crippen MR) is 123 cm³/mol. The quantitative estimate of drug-likeness (QED) is 0.357. The summed E-state index contributed by atoms with van der Waals surface area (Å²) >= 11 is 0. The molecule has 0 saturated carbocycles. The first-order valence-electron chi connectivity index (χ1n) is 10.5. The van der Waals surface area contributed by atoms with Gasteiger partial charge in [-0.05, 0) is 36.4 Å². The van der Waals surface area contributed by atoms with Crippen LogP contribution in [-0.4, -0.2) is 29.4 Å². The van der Waals surface area contributed by atoms with E-state index in [9.17, 15) is 14.4 Å². The zero-order valence-corrected chi connectivity index (χ0v) is 17.3. The molecule has 1 aromatic heterocycles. The molecule has 0 spiro atoms. The smallest absolute Gasteiger partial charge is 0.259 e. The normalized spacial score (nSPS) is 19.8. The molecule has 4 aromatic rings. The van der Waals surface area contributed by atoms with Crippen LogP contribution in [0.2, 0.25) is 0 Å². The van der Waals surface area contributed by atoms with E-state index in [1.54, 1.807) is 48.5 Å². The molecule has 33 heavy (non-hydrogen) atoms. The first-order valence-corrected chi connectivity index (χ1v) is 10.5. The highest BCUT2D eigenvalue weighted by Crippen LogP contribution is 2.38. The van der Waals surface area contributed by atoms with Gasteiger partial charge in [0.1, 0.15) is 23.3 Å². The number of ketones is 1. The molecule has 2 amide bonds. The molecular weight excluding hydrogens is 418 g/mol. The molecule has 7 heteroatoms. The first-order chi connectivity index (χ1) is 16.1. The van der Waals surface area contributed by atoms with E-state index in [4.69, 9.17) is 4.42 Å². The van der Waals surface area contributed by atoms with Crippen LogP contribution in [0.4, 0.5) is 11.4 Å². The Labute approximate surface area is 188 Å². The number of hydrogen-bond acceptors (Lipinski definition) is 6. The Hall–Kier alpha value is -4.52. The van der Waals surface area contributed by atoms with Crippen molar-refractivity contribution >= 4 is 45.7 Å². The molecule has 1 fully saturated rings. The average Bonchev–Trinajstić information content (AvgIpc) is 3.53. The Balaban J connectivity index is 1.47. The third-order valence-corrected chi connectivity index (χ3v) is 5.97. The number of furan rings is 1. The lowest BCUT2D eigenvalue weighted by Crippen LogP contribution is -2.39. The monoisotopic (exact) mass is 435 g/mol. The van der Waals surface area contributed by atoms with Gasteiger partial charge in [-0.15, -0.1) is 0 Å². The van der Waals surface area contributed by atoms with Crippen molar-refractivity contribution in [1.82, 2.24) is 0 Å². The van der Waals surface area contributed by atoms with Crippen molar-refractivity contribution in [2.45, 2.75) is 6.04 Å². The summed E-state index contributed by atoms with van der Waals surface area (Å²) in [4.78, 5) is 41.6. The van der Waals surface area contributed by atoms with Crippen LogP contribution < -0.4 is 9.91 Å². The molecule has 2 unspecified atom stereocenters. The second-order valence-electron chi connectivity index (χ2n) is 7.91. The van der Waals surface area contributed by atoms with E-state index >= 15 is 0 Å². The van der Waals surface area contributed by atoms with Gasteiger partial charge < -0.3 is 4.42 Å². The molecule has 3 heterocycles. The lowest BCUT2D eigenvalue weighted by atomic mass is 9.94. The molecule has 0 radical (unpaired) electrons. The van der Waals surface area contributed by atoms with Gasteiger partial charge in [-0.1, -0.05) is 54.6 Å². The molecule has 7 nitrogen and oxygen atoms in total. The minimum Gasteiger partial charge on any atom is -0.453 e. The summed E-state index contributed by atoms with van der Waals surface area (Å²) in [5.41, 5.74) is 1.65. The lowest BCUT2D eigenvalue weighted by Gasteiger charge is -2.22. The minimum atomic E-state index is -1.03. The number of para-hydroxylation sites is 3. The van der Waals surface area contributed by atoms with Gasteiger partial charge in [-0.2, -0.15) is 5.10 Å². The van der Waals surface area contributed by atoms with Crippen LogP contribution in [0, 0.1) is 5.92 Å². The molecule has 6 rings (SSSR count). The second-order valence-corrected chi connectivity index (χ2v) is 7.91. The van der Waals surface area contributed by atoms with Crippen molar-refractivity contribution in [3.63, 3.8) is 0 Å². The van der Waals surface area contributed by atoms with E-state index in [2.05, 4.69) is 5.10 Å². The molecule has 2 atom stereocenters. The Bertz CT molecular complexity index is 1410. The van der Waals surface area contributed by atoms with Gasteiger partial charge in [0.2, 0.25) is 11.7 Å². The number of nitrogens with zero attached hydrogens (tertiary/aromatic N) is 3. The van der Waals surface area contributed by atoms with Crippen LogP contribution in [-0.2, 0) is 9.59 Å². The van der Waals surface area contributed by atoms with Gasteiger partial charge in [0, 0.05) is 5.39 Å². The number of hydrogen-bond donors (Lipinski definition) is 0. The highest BCUT2D eigenvalue weighted by molar-refractivity contribution is 6.53. The van der Waals surface area contributed by atoms with Gasteiger partial charge in [0.25, 0.3) is 5.91 Å². The summed E-state index contributed by atoms with van der Waals surface area (Å²) in [5.74, 6) is -2.34. The van der Waals surface area contributed by atoms with Gasteiger partial charge in [0.15, 0.2) is 5.76 Å². The Morgan fingerprint density at radius 2 is 1.42 bits per heavy atom. The number of anilines is 2. The van der Waals surface area contributed by atoms with Crippen LogP contribution in [0.15, 0.2) is 101 Å². The van der Waals surface area contributed by atoms with E-state index in [1.807, 2.05) is 42.5 Å². The van der Waals surface area contributed by atoms with Gasteiger partial charge in [-0.3, -0.25) is 19.4 Å². The summed E-state index contributed by atoms with van der Waals surface area (Å²) in [5, 5.41) is 6.74. The number of carbonyl (C=O) groups is 3. The van der Waals surface area contributed by atoms with Gasteiger partial charge >= 0.3 is 0 Å². The molecule has 1 saturated heterocycles. The van der Waals surface area contributed by atoms with Crippen molar-refractivity contribution in [3.05, 3.63) is 96.8 Å². The van der Waals surface area contributed by atoms with Crippen molar-refractivity contribution in [2.24, 2.45) is 11.0 Å². The van der Waals surface area contributed by atoms with Crippen LogP contribution in [0.5, 0.6) is 0 Å². The number of carbonyl (C=O) groups excluding carboxylic acids is 3. The van der Waals surface area contributed by atoms with Crippen molar-refractivity contribution in [3.8, 4) is 0 Å². The fourth-order valence-electron chi connectivity index (χ4n) is 4.45. The number of fused-ring (bicyclic) bond motifs is 2. The molecule has 0 N–H and O–H groups in total. The van der Waals surface area contributed by atoms with Crippen molar-refractivity contribution in [1.29, 1.82) is 0 Å². The maximum atomic E-state index is 13.5. The van der Waals surface area contributed by atoms with E-state index in [-0.39, 0.29) is 11.5 Å². The highest BCUT2D eigenvalue weighted by Gasteiger charge is 2.58. The molecule has 160 valence electrons. The zero-order chi connectivity index (χ0) is 22.5. The third-order valence-electron chi connectivity index (χ3n) is 5.97. The largest absolute Gasteiger partial charge is 0.453 e. The van der Waals surface area contributed by atoms with Gasteiger partial charge in [-0.25, -0.2) is 4.90 Å². The lowest BCUT2D eigenvalue weighted by molar-refractivity contribution is -0.121. The maximum absolute atomic E-state index is 13.5. The number of imide groups is 1. The topological polar surface area (TPSA) is 83.2 Å². The van der Waals surface area contributed by atoms with E-state index in [1.165, 1.54) is 5.01 Å². The summed E-state index contributed by atoms with van der Waals surface area (Å²) in [6.07, 6.45) is 0. The molecule has 0 aliphatic carbocycles. The third kappa shape index (κ3) is 2.90. The number of Topliss-reactive ketones (excluding diaryl/α,β-unsaturated/α-hetero) is 1. The van der Waals surface area contributed by atoms with Crippen LogP contribution >= 0.6 is 0 Å². The molecular formula is C26H17N3O4. The van der Waals surface area contributed by atoms with E-state index < -0.39 is 29.6 Å². The fourth-order valence-corrected chi connectivity index (χ4v) is 4.45. The van der Waals surface area contributed by atoms with Crippen molar-refractivity contribution in [2.75, 3.05) is 9.91 Å². The fraction of sp³-hybridized carbons (Fsp3) is 0.0769. The predicted octanol–water partition coefficient (Wildman–Crippen LogP) is 4.05.